The van der Waals surface area contributed by atoms with Crippen LogP contribution in [0.2, 0.25) is 0 Å². The van der Waals surface area contributed by atoms with Gasteiger partial charge in [0.2, 0.25) is 10.0 Å². The van der Waals surface area contributed by atoms with E-state index in [9.17, 15) is 8.42 Å². The lowest BCUT2D eigenvalue weighted by Crippen LogP contribution is -2.22. The number of aryl methyl sites for hydroxylation is 1. The summed E-state index contributed by atoms with van der Waals surface area (Å²) in [6, 6.07) is 1.71. The standard InChI is InChI=1S/C12H17N3O2S3/c1-3-13-5-10-4-12(19-8-10)20(16,17)14-6-11-15-9(2)7-18-11/h4,7-8,13-14H,3,5-6H2,1-2H3. The Kier molecular flexibility index (Phi) is 5.28. The fourth-order valence-corrected chi connectivity index (χ4v) is 4.61. The minimum Gasteiger partial charge on any atom is -0.313 e. The minimum absolute atomic E-state index is 0.237. The van der Waals surface area contributed by atoms with E-state index >= 15 is 0 Å². The van der Waals surface area contributed by atoms with E-state index in [0.29, 0.717) is 10.8 Å². The first-order valence-corrected chi connectivity index (χ1v) is 9.44. The highest BCUT2D eigenvalue weighted by Crippen LogP contribution is 2.20. The van der Waals surface area contributed by atoms with Gasteiger partial charge in [0.05, 0.1) is 6.54 Å². The van der Waals surface area contributed by atoms with Gasteiger partial charge in [0.15, 0.2) is 0 Å². The maximum absolute atomic E-state index is 12.2. The molecule has 20 heavy (non-hydrogen) atoms. The fourth-order valence-electron chi connectivity index (χ4n) is 1.57. The number of nitrogens with one attached hydrogen (secondary N) is 2. The van der Waals surface area contributed by atoms with Gasteiger partial charge in [-0.05, 0) is 30.5 Å². The van der Waals surface area contributed by atoms with E-state index < -0.39 is 10.0 Å². The predicted octanol–water partition coefficient (Wildman–Crippen LogP) is 2.10. The first-order valence-electron chi connectivity index (χ1n) is 6.20. The molecule has 0 bridgehead atoms. The highest BCUT2D eigenvalue weighted by atomic mass is 32.2. The Morgan fingerprint density at radius 2 is 2.05 bits per heavy atom. The van der Waals surface area contributed by atoms with Crippen molar-refractivity contribution in [2.75, 3.05) is 6.54 Å². The summed E-state index contributed by atoms with van der Waals surface area (Å²) in [4.78, 5) is 4.24. The lowest BCUT2D eigenvalue weighted by Gasteiger charge is -2.02. The Hall–Kier alpha value is -0.800. The fraction of sp³-hybridized carbons (Fsp3) is 0.417. The van der Waals surface area contributed by atoms with E-state index in [4.69, 9.17) is 0 Å². The SMILES string of the molecule is CCNCc1csc(S(=O)(=O)NCc2nc(C)cs2)c1. The molecule has 0 atom stereocenters. The number of thiophene rings is 1. The molecule has 0 aliphatic heterocycles. The average Bonchev–Trinajstić information content (AvgIpc) is 3.03. The van der Waals surface area contributed by atoms with Crippen LogP contribution in [-0.4, -0.2) is 19.9 Å². The third-order valence-electron chi connectivity index (χ3n) is 2.55. The van der Waals surface area contributed by atoms with Gasteiger partial charge >= 0.3 is 0 Å². The molecule has 2 heterocycles. The zero-order valence-electron chi connectivity index (χ0n) is 11.3. The summed E-state index contributed by atoms with van der Waals surface area (Å²) < 4.78 is 27.2. The Balaban J connectivity index is 2.00. The van der Waals surface area contributed by atoms with Crippen LogP contribution >= 0.6 is 22.7 Å². The van der Waals surface area contributed by atoms with Crippen molar-refractivity contribution in [1.29, 1.82) is 0 Å². The van der Waals surface area contributed by atoms with Crippen LogP contribution in [0.4, 0.5) is 0 Å². The van der Waals surface area contributed by atoms with Crippen LogP contribution in [0.1, 0.15) is 23.2 Å². The largest absolute Gasteiger partial charge is 0.313 e. The van der Waals surface area contributed by atoms with Crippen molar-refractivity contribution >= 4 is 32.7 Å². The van der Waals surface area contributed by atoms with Crippen LogP contribution < -0.4 is 10.0 Å². The van der Waals surface area contributed by atoms with Gasteiger partial charge in [-0.3, -0.25) is 0 Å². The molecule has 5 nitrogen and oxygen atoms in total. The first kappa shape index (κ1) is 15.6. The van der Waals surface area contributed by atoms with Gasteiger partial charge < -0.3 is 5.32 Å². The topological polar surface area (TPSA) is 71.1 Å². The predicted molar refractivity (Wildman–Crippen MR) is 82.6 cm³/mol. The second-order valence-corrected chi connectivity index (χ2v) is 8.11. The second kappa shape index (κ2) is 6.77. The van der Waals surface area contributed by atoms with E-state index in [1.165, 1.54) is 22.7 Å². The summed E-state index contributed by atoms with van der Waals surface area (Å²) in [6.07, 6.45) is 0. The molecule has 0 saturated carbocycles. The van der Waals surface area contributed by atoms with Crippen molar-refractivity contribution in [3.05, 3.63) is 33.1 Å². The zero-order valence-corrected chi connectivity index (χ0v) is 13.8. The normalized spacial score (nSPS) is 11.9. The summed E-state index contributed by atoms with van der Waals surface area (Å²) in [6.45, 7) is 5.69. The maximum Gasteiger partial charge on any atom is 0.250 e. The zero-order chi connectivity index (χ0) is 14.6. The molecule has 0 aliphatic rings. The summed E-state index contributed by atoms with van der Waals surface area (Å²) in [5.41, 5.74) is 1.90. The summed E-state index contributed by atoms with van der Waals surface area (Å²) in [5, 5.41) is 7.72. The van der Waals surface area contributed by atoms with Crippen LogP contribution in [0.25, 0.3) is 0 Å². The lowest BCUT2D eigenvalue weighted by atomic mass is 10.3. The monoisotopic (exact) mass is 331 g/mol. The van der Waals surface area contributed by atoms with Gasteiger partial charge in [0.25, 0.3) is 0 Å². The van der Waals surface area contributed by atoms with Crippen molar-refractivity contribution < 1.29 is 8.42 Å². The van der Waals surface area contributed by atoms with E-state index in [1.807, 2.05) is 24.6 Å². The van der Waals surface area contributed by atoms with Crippen molar-refractivity contribution in [3.8, 4) is 0 Å². The Morgan fingerprint density at radius 1 is 1.25 bits per heavy atom. The maximum atomic E-state index is 12.2. The quantitative estimate of drug-likeness (QED) is 0.815. The molecule has 0 spiro atoms. The summed E-state index contributed by atoms with van der Waals surface area (Å²) >= 11 is 2.70. The highest BCUT2D eigenvalue weighted by molar-refractivity contribution is 7.91. The Labute approximate surface area is 127 Å². The molecule has 0 fully saturated rings. The van der Waals surface area contributed by atoms with Crippen molar-refractivity contribution in [2.24, 2.45) is 0 Å². The summed E-state index contributed by atoms with van der Waals surface area (Å²) in [7, 11) is -3.45. The number of hydrogen-bond donors (Lipinski definition) is 2. The molecule has 0 aliphatic carbocycles. The Bertz CT molecular complexity index is 661. The summed E-state index contributed by atoms with van der Waals surface area (Å²) in [5.74, 6) is 0. The molecule has 0 saturated heterocycles. The number of hydrogen-bond acceptors (Lipinski definition) is 6. The molecular weight excluding hydrogens is 314 g/mol. The number of sulfonamides is 1. The second-order valence-electron chi connectivity index (χ2n) is 4.26. The van der Waals surface area contributed by atoms with Crippen LogP contribution in [-0.2, 0) is 23.1 Å². The molecule has 2 aromatic rings. The highest BCUT2D eigenvalue weighted by Gasteiger charge is 2.17. The van der Waals surface area contributed by atoms with Gasteiger partial charge in [-0.2, -0.15) is 0 Å². The van der Waals surface area contributed by atoms with E-state index in [-0.39, 0.29) is 6.54 Å². The van der Waals surface area contributed by atoms with Crippen LogP contribution in [0.15, 0.2) is 21.0 Å². The number of nitrogens with zero attached hydrogens (tertiary/aromatic N) is 1. The third kappa shape index (κ3) is 4.10. The van der Waals surface area contributed by atoms with E-state index in [2.05, 4.69) is 15.0 Å². The van der Waals surface area contributed by atoms with Crippen LogP contribution in [0, 0.1) is 6.92 Å². The smallest absolute Gasteiger partial charge is 0.250 e. The van der Waals surface area contributed by atoms with Crippen molar-refractivity contribution in [3.63, 3.8) is 0 Å². The molecule has 2 rings (SSSR count). The van der Waals surface area contributed by atoms with Crippen molar-refractivity contribution in [1.82, 2.24) is 15.0 Å². The van der Waals surface area contributed by atoms with Crippen LogP contribution in [0.5, 0.6) is 0 Å². The van der Waals surface area contributed by atoms with Crippen molar-refractivity contribution in [2.45, 2.75) is 31.1 Å². The van der Waals surface area contributed by atoms with Gasteiger partial charge in [-0.1, -0.05) is 6.92 Å². The molecule has 0 radical (unpaired) electrons. The Morgan fingerprint density at radius 3 is 2.70 bits per heavy atom. The van der Waals surface area contributed by atoms with Crippen LogP contribution in [0.3, 0.4) is 0 Å². The molecular formula is C12H17N3O2S3. The molecule has 2 N–H and O–H groups in total. The number of aromatic nitrogens is 1. The molecule has 0 amide bonds. The number of thiazole rings is 1. The molecule has 0 aromatic carbocycles. The first-order chi connectivity index (χ1) is 9.51. The molecule has 0 unspecified atom stereocenters. The van der Waals surface area contributed by atoms with E-state index in [1.54, 1.807) is 6.07 Å². The lowest BCUT2D eigenvalue weighted by molar-refractivity contribution is 0.583. The average molecular weight is 331 g/mol. The molecule has 110 valence electrons. The van der Waals surface area contributed by atoms with E-state index in [0.717, 1.165) is 22.8 Å². The van der Waals surface area contributed by atoms with Gasteiger partial charge in [-0.15, -0.1) is 22.7 Å². The number of rotatable bonds is 7. The third-order valence-corrected chi connectivity index (χ3v) is 6.41. The van der Waals surface area contributed by atoms with Gasteiger partial charge in [0, 0.05) is 17.6 Å². The van der Waals surface area contributed by atoms with Gasteiger partial charge in [0.1, 0.15) is 9.22 Å². The molecule has 8 heteroatoms. The molecule has 2 aromatic heterocycles. The van der Waals surface area contributed by atoms with Gasteiger partial charge in [-0.25, -0.2) is 18.1 Å². The minimum atomic E-state index is -3.45.